The van der Waals surface area contributed by atoms with E-state index >= 15 is 0 Å². The lowest BCUT2D eigenvalue weighted by Gasteiger charge is -2.12. The number of hydrogen-bond donors (Lipinski definition) is 2. The Morgan fingerprint density at radius 2 is 1.95 bits per heavy atom. The van der Waals surface area contributed by atoms with E-state index in [0.29, 0.717) is 35.2 Å². The lowest BCUT2D eigenvalue weighted by atomic mass is 10.2. The summed E-state index contributed by atoms with van der Waals surface area (Å²) in [5.41, 5.74) is 7.37. The van der Waals surface area contributed by atoms with Crippen molar-refractivity contribution in [3.63, 3.8) is 0 Å². The third kappa shape index (κ3) is 4.02. The van der Waals surface area contributed by atoms with Gasteiger partial charge in [-0.1, -0.05) is 6.92 Å². The lowest BCUT2D eigenvalue weighted by Crippen LogP contribution is -1.99. The summed E-state index contributed by atoms with van der Waals surface area (Å²) in [4.78, 5) is 0. The fourth-order valence-electron chi connectivity index (χ4n) is 1.88. The highest BCUT2D eigenvalue weighted by atomic mass is 19.1. The van der Waals surface area contributed by atoms with E-state index in [-0.39, 0.29) is 5.82 Å². The second kappa shape index (κ2) is 6.83. The van der Waals surface area contributed by atoms with Gasteiger partial charge in [-0.05, 0) is 24.6 Å². The molecule has 0 radical (unpaired) electrons. The molecule has 0 fully saturated rings. The molecule has 0 aliphatic heterocycles. The van der Waals surface area contributed by atoms with Crippen LogP contribution in [0.3, 0.4) is 0 Å². The first-order valence-corrected chi connectivity index (χ1v) is 6.76. The van der Waals surface area contributed by atoms with Crippen molar-refractivity contribution < 1.29 is 13.9 Å². The molecule has 0 atom stereocenters. The van der Waals surface area contributed by atoms with Gasteiger partial charge in [0.05, 0.1) is 19.4 Å². The third-order valence-electron chi connectivity index (χ3n) is 2.85. The number of nitrogens with two attached hydrogens (primary N) is 1. The fraction of sp³-hybridized carbons (Fsp3) is 0.250. The van der Waals surface area contributed by atoms with E-state index in [0.717, 1.165) is 6.42 Å². The van der Waals surface area contributed by atoms with Gasteiger partial charge in [0.25, 0.3) is 0 Å². The van der Waals surface area contributed by atoms with Crippen LogP contribution in [0.15, 0.2) is 36.4 Å². The molecule has 2 aromatic carbocycles. The van der Waals surface area contributed by atoms with Crippen molar-refractivity contribution in [1.82, 2.24) is 0 Å². The second-order valence-electron chi connectivity index (χ2n) is 4.61. The summed E-state index contributed by atoms with van der Waals surface area (Å²) in [5.74, 6) is 0.863. The molecule has 2 rings (SSSR count). The molecule has 0 heterocycles. The maximum atomic E-state index is 13.8. The first-order chi connectivity index (χ1) is 10.1. The topological polar surface area (TPSA) is 56.5 Å². The molecule has 0 aromatic heterocycles. The number of nitrogens with one attached hydrogen (secondary N) is 1. The van der Waals surface area contributed by atoms with Crippen LogP contribution in [0.2, 0.25) is 0 Å². The predicted octanol–water partition coefficient (Wildman–Crippen LogP) is 3.95. The van der Waals surface area contributed by atoms with E-state index in [4.69, 9.17) is 15.2 Å². The Morgan fingerprint density at radius 1 is 1.14 bits per heavy atom. The Kier molecular flexibility index (Phi) is 4.87. The molecule has 4 nitrogen and oxygen atoms in total. The van der Waals surface area contributed by atoms with Crippen LogP contribution in [0.25, 0.3) is 0 Å². The lowest BCUT2D eigenvalue weighted by molar-refractivity contribution is 0.318. The quantitative estimate of drug-likeness (QED) is 0.791. The summed E-state index contributed by atoms with van der Waals surface area (Å²) < 4.78 is 24.5. The van der Waals surface area contributed by atoms with E-state index in [1.54, 1.807) is 30.3 Å². The summed E-state index contributed by atoms with van der Waals surface area (Å²) >= 11 is 0. The number of halogens is 1. The smallest absolute Gasteiger partial charge is 0.146 e. The van der Waals surface area contributed by atoms with Crippen molar-refractivity contribution in [3.05, 3.63) is 42.2 Å². The summed E-state index contributed by atoms with van der Waals surface area (Å²) in [6.45, 7) is 2.63. The van der Waals surface area contributed by atoms with Gasteiger partial charge in [-0.2, -0.15) is 0 Å². The number of hydrogen-bond acceptors (Lipinski definition) is 4. The molecule has 112 valence electrons. The predicted molar refractivity (Wildman–Crippen MR) is 82.9 cm³/mol. The molecule has 0 bridgehead atoms. The highest BCUT2D eigenvalue weighted by Crippen LogP contribution is 2.28. The number of rotatable bonds is 6. The SMILES string of the molecule is CCCOc1cc(N)cc(Nc2cc(OC)ccc2F)c1. The van der Waals surface area contributed by atoms with Gasteiger partial charge in [-0.25, -0.2) is 4.39 Å². The molecule has 0 saturated heterocycles. The Hall–Kier alpha value is -2.43. The minimum atomic E-state index is -0.366. The zero-order valence-corrected chi connectivity index (χ0v) is 12.2. The summed E-state index contributed by atoms with van der Waals surface area (Å²) in [5, 5.41) is 2.99. The van der Waals surface area contributed by atoms with Crippen LogP contribution in [-0.4, -0.2) is 13.7 Å². The number of anilines is 3. The zero-order chi connectivity index (χ0) is 15.2. The molecule has 0 aliphatic carbocycles. The molecule has 0 saturated carbocycles. The van der Waals surface area contributed by atoms with E-state index < -0.39 is 0 Å². The molecule has 0 amide bonds. The van der Waals surface area contributed by atoms with E-state index in [9.17, 15) is 4.39 Å². The van der Waals surface area contributed by atoms with Crippen molar-refractivity contribution in [2.45, 2.75) is 13.3 Å². The average Bonchev–Trinajstić information content (AvgIpc) is 2.47. The third-order valence-corrected chi connectivity index (χ3v) is 2.85. The number of benzene rings is 2. The maximum Gasteiger partial charge on any atom is 0.146 e. The van der Waals surface area contributed by atoms with Crippen LogP contribution in [-0.2, 0) is 0 Å². The number of methoxy groups -OCH3 is 1. The first kappa shape index (κ1) is 15.0. The first-order valence-electron chi connectivity index (χ1n) is 6.76. The van der Waals surface area contributed by atoms with Crippen molar-refractivity contribution in [3.8, 4) is 11.5 Å². The van der Waals surface area contributed by atoms with Crippen LogP contribution < -0.4 is 20.5 Å². The second-order valence-corrected chi connectivity index (χ2v) is 4.61. The highest BCUT2D eigenvalue weighted by Gasteiger charge is 2.06. The highest BCUT2D eigenvalue weighted by molar-refractivity contribution is 5.67. The van der Waals surface area contributed by atoms with E-state index in [1.165, 1.54) is 13.2 Å². The Labute approximate surface area is 123 Å². The van der Waals surface area contributed by atoms with Gasteiger partial charge in [-0.15, -0.1) is 0 Å². The van der Waals surface area contributed by atoms with Crippen molar-refractivity contribution in [1.29, 1.82) is 0 Å². The average molecular weight is 290 g/mol. The zero-order valence-electron chi connectivity index (χ0n) is 12.2. The molecule has 0 aliphatic rings. The fourth-order valence-corrected chi connectivity index (χ4v) is 1.88. The monoisotopic (exact) mass is 290 g/mol. The molecule has 2 aromatic rings. The van der Waals surface area contributed by atoms with Crippen molar-refractivity contribution in [2.24, 2.45) is 0 Å². The molecule has 5 heteroatoms. The largest absolute Gasteiger partial charge is 0.497 e. The van der Waals surface area contributed by atoms with Gasteiger partial charge in [0.15, 0.2) is 0 Å². The van der Waals surface area contributed by atoms with E-state index in [2.05, 4.69) is 5.32 Å². The molecule has 3 N–H and O–H groups in total. The number of nitrogen functional groups attached to an aromatic ring is 1. The summed E-state index contributed by atoms with van der Waals surface area (Å²) in [6.07, 6.45) is 0.905. The van der Waals surface area contributed by atoms with Gasteiger partial charge in [0.1, 0.15) is 17.3 Å². The van der Waals surface area contributed by atoms with Crippen molar-refractivity contribution in [2.75, 3.05) is 24.8 Å². The molecule has 21 heavy (non-hydrogen) atoms. The maximum absolute atomic E-state index is 13.8. The summed E-state index contributed by atoms with van der Waals surface area (Å²) in [7, 11) is 1.54. The standard InChI is InChI=1S/C16H19FN2O2/c1-3-6-21-14-8-11(18)7-12(9-14)19-16-10-13(20-2)4-5-15(16)17/h4-5,7-10,19H,3,6,18H2,1-2H3. The number of ether oxygens (including phenoxy) is 2. The molecule has 0 spiro atoms. The van der Waals surface area contributed by atoms with Crippen LogP contribution in [0.1, 0.15) is 13.3 Å². The molecular formula is C16H19FN2O2. The van der Waals surface area contributed by atoms with Gasteiger partial charge >= 0.3 is 0 Å². The summed E-state index contributed by atoms with van der Waals surface area (Å²) in [6, 6.07) is 9.74. The van der Waals surface area contributed by atoms with E-state index in [1.807, 2.05) is 6.92 Å². The Bertz CT molecular complexity index is 617. The van der Waals surface area contributed by atoms with Gasteiger partial charge in [0, 0.05) is 29.6 Å². The Balaban J connectivity index is 2.24. The van der Waals surface area contributed by atoms with Gasteiger partial charge < -0.3 is 20.5 Å². The van der Waals surface area contributed by atoms with Crippen LogP contribution in [0.4, 0.5) is 21.5 Å². The van der Waals surface area contributed by atoms with Gasteiger partial charge in [-0.3, -0.25) is 0 Å². The minimum absolute atomic E-state index is 0.321. The minimum Gasteiger partial charge on any atom is -0.497 e. The van der Waals surface area contributed by atoms with Crippen LogP contribution >= 0.6 is 0 Å². The Morgan fingerprint density at radius 3 is 2.67 bits per heavy atom. The molecule has 0 unspecified atom stereocenters. The van der Waals surface area contributed by atoms with Crippen molar-refractivity contribution >= 4 is 17.1 Å². The normalized spacial score (nSPS) is 10.2. The van der Waals surface area contributed by atoms with Gasteiger partial charge in [0.2, 0.25) is 0 Å². The molecular weight excluding hydrogens is 271 g/mol. The van der Waals surface area contributed by atoms with Crippen LogP contribution in [0, 0.1) is 5.82 Å². The van der Waals surface area contributed by atoms with Crippen LogP contribution in [0.5, 0.6) is 11.5 Å².